The van der Waals surface area contributed by atoms with Crippen LogP contribution in [0.4, 0.5) is 11.6 Å². The van der Waals surface area contributed by atoms with Gasteiger partial charge in [-0.25, -0.2) is 10.8 Å². The Balaban J connectivity index is 2.81. The minimum absolute atomic E-state index is 0.135. The molecule has 0 aliphatic rings. The number of rotatable bonds is 4. The molecular formula is C10H15N5. The van der Waals surface area contributed by atoms with Crippen LogP contribution < -0.4 is 16.2 Å². The van der Waals surface area contributed by atoms with Crippen LogP contribution in [0.3, 0.4) is 0 Å². The van der Waals surface area contributed by atoms with E-state index in [-0.39, 0.29) is 6.04 Å². The molecule has 5 nitrogen and oxygen atoms in total. The van der Waals surface area contributed by atoms with Crippen molar-refractivity contribution in [1.29, 1.82) is 5.26 Å². The number of hydrazine groups is 1. The van der Waals surface area contributed by atoms with E-state index in [1.807, 2.05) is 31.0 Å². The summed E-state index contributed by atoms with van der Waals surface area (Å²) in [6.07, 6.45) is 0.471. The van der Waals surface area contributed by atoms with Crippen molar-refractivity contribution in [3.8, 4) is 6.07 Å². The lowest BCUT2D eigenvalue weighted by Gasteiger charge is -2.24. The fraction of sp³-hybridized carbons (Fsp3) is 0.400. The van der Waals surface area contributed by atoms with Gasteiger partial charge in [-0.3, -0.25) is 0 Å². The Hall–Kier alpha value is -1.80. The van der Waals surface area contributed by atoms with Gasteiger partial charge in [-0.15, -0.1) is 0 Å². The van der Waals surface area contributed by atoms with Crippen molar-refractivity contribution in [2.75, 3.05) is 17.4 Å². The van der Waals surface area contributed by atoms with Gasteiger partial charge < -0.3 is 10.3 Å². The predicted octanol–water partition coefficient (Wildman–Crippen LogP) is 1.11. The molecule has 1 rings (SSSR count). The number of hydrogen-bond acceptors (Lipinski definition) is 5. The molecule has 0 spiro atoms. The van der Waals surface area contributed by atoms with E-state index in [9.17, 15) is 0 Å². The fourth-order valence-corrected chi connectivity index (χ4v) is 1.19. The second kappa shape index (κ2) is 5.17. The molecule has 1 heterocycles. The number of nitrogens with one attached hydrogen (secondary N) is 1. The second-order valence-electron chi connectivity index (χ2n) is 3.35. The molecule has 0 amide bonds. The van der Waals surface area contributed by atoms with Crippen LogP contribution in [0.1, 0.15) is 13.3 Å². The van der Waals surface area contributed by atoms with E-state index in [1.54, 1.807) is 6.07 Å². The summed E-state index contributed by atoms with van der Waals surface area (Å²) in [6, 6.07) is 7.81. The number of nitriles is 1. The highest BCUT2D eigenvalue weighted by Gasteiger charge is 2.10. The van der Waals surface area contributed by atoms with Crippen LogP contribution in [-0.2, 0) is 0 Å². The highest BCUT2D eigenvalue weighted by molar-refractivity contribution is 5.46. The lowest BCUT2D eigenvalue weighted by atomic mass is 10.2. The first-order valence-electron chi connectivity index (χ1n) is 4.72. The maximum absolute atomic E-state index is 8.60. The van der Waals surface area contributed by atoms with Gasteiger partial charge in [0.25, 0.3) is 0 Å². The molecule has 0 bridgehead atoms. The fourth-order valence-electron chi connectivity index (χ4n) is 1.19. The Bertz CT molecular complexity index is 357. The summed E-state index contributed by atoms with van der Waals surface area (Å²) in [5.74, 6) is 6.68. The molecule has 1 aromatic heterocycles. The van der Waals surface area contributed by atoms with Crippen LogP contribution >= 0.6 is 0 Å². The molecule has 0 aromatic carbocycles. The van der Waals surface area contributed by atoms with Crippen molar-refractivity contribution >= 4 is 11.6 Å². The molecule has 0 aliphatic heterocycles. The highest BCUT2D eigenvalue weighted by Crippen LogP contribution is 2.15. The summed E-state index contributed by atoms with van der Waals surface area (Å²) < 4.78 is 0. The average molecular weight is 205 g/mol. The second-order valence-corrected chi connectivity index (χ2v) is 3.35. The van der Waals surface area contributed by atoms with Crippen LogP contribution in [0.15, 0.2) is 18.2 Å². The summed E-state index contributed by atoms with van der Waals surface area (Å²) >= 11 is 0. The molecule has 15 heavy (non-hydrogen) atoms. The van der Waals surface area contributed by atoms with E-state index in [0.717, 1.165) is 5.82 Å². The van der Waals surface area contributed by atoms with Crippen molar-refractivity contribution in [3.63, 3.8) is 0 Å². The largest absolute Gasteiger partial charge is 0.356 e. The number of hydrogen-bond donors (Lipinski definition) is 2. The lowest BCUT2D eigenvalue weighted by molar-refractivity contribution is 0.694. The molecule has 0 aliphatic carbocycles. The number of pyridine rings is 1. The quantitative estimate of drug-likeness (QED) is 0.568. The summed E-state index contributed by atoms with van der Waals surface area (Å²) in [4.78, 5) is 6.22. The zero-order valence-electron chi connectivity index (χ0n) is 8.94. The van der Waals surface area contributed by atoms with Crippen molar-refractivity contribution in [2.45, 2.75) is 19.4 Å². The smallest absolute Gasteiger partial charge is 0.142 e. The number of nitrogens with zero attached hydrogens (tertiary/aromatic N) is 3. The van der Waals surface area contributed by atoms with Crippen LogP contribution in [0.5, 0.6) is 0 Å². The van der Waals surface area contributed by atoms with E-state index >= 15 is 0 Å². The zero-order valence-corrected chi connectivity index (χ0v) is 8.94. The lowest BCUT2D eigenvalue weighted by Crippen LogP contribution is -2.29. The Kier molecular flexibility index (Phi) is 3.89. The van der Waals surface area contributed by atoms with Gasteiger partial charge in [0.15, 0.2) is 0 Å². The Morgan fingerprint density at radius 2 is 2.40 bits per heavy atom. The van der Waals surface area contributed by atoms with Crippen molar-refractivity contribution in [1.82, 2.24) is 4.98 Å². The monoisotopic (exact) mass is 205 g/mol. The minimum atomic E-state index is 0.135. The zero-order chi connectivity index (χ0) is 11.3. The predicted molar refractivity (Wildman–Crippen MR) is 60.1 cm³/mol. The van der Waals surface area contributed by atoms with Gasteiger partial charge in [-0.2, -0.15) is 5.26 Å². The van der Waals surface area contributed by atoms with Gasteiger partial charge in [-0.05, 0) is 19.1 Å². The van der Waals surface area contributed by atoms with Crippen LogP contribution in [0, 0.1) is 11.3 Å². The summed E-state index contributed by atoms with van der Waals surface area (Å²) in [6.45, 7) is 1.98. The van der Waals surface area contributed by atoms with Crippen LogP contribution in [0.2, 0.25) is 0 Å². The maximum atomic E-state index is 8.60. The standard InChI is InChI=1S/C10H15N5/c1-8(6-7-11)15(2)10-5-3-4-9(13-10)14-12/h3-5,8H,6,12H2,1-2H3,(H,13,14). The minimum Gasteiger partial charge on any atom is -0.356 e. The molecule has 1 aromatic rings. The molecule has 1 atom stereocenters. The first kappa shape index (κ1) is 11.3. The molecule has 1 unspecified atom stereocenters. The Morgan fingerprint density at radius 1 is 1.67 bits per heavy atom. The maximum Gasteiger partial charge on any atom is 0.142 e. The first-order valence-corrected chi connectivity index (χ1v) is 4.72. The molecule has 80 valence electrons. The van der Waals surface area contributed by atoms with Crippen molar-refractivity contribution in [2.24, 2.45) is 5.84 Å². The van der Waals surface area contributed by atoms with Crippen molar-refractivity contribution in [3.05, 3.63) is 18.2 Å². The summed E-state index contributed by atoms with van der Waals surface area (Å²) in [7, 11) is 1.91. The number of aromatic nitrogens is 1. The van der Waals surface area contributed by atoms with Gasteiger partial charge in [-0.1, -0.05) is 6.07 Å². The SMILES string of the molecule is CC(CC#N)N(C)c1cccc(NN)n1. The van der Waals surface area contributed by atoms with E-state index in [2.05, 4.69) is 16.5 Å². The van der Waals surface area contributed by atoms with E-state index in [1.165, 1.54) is 0 Å². The molecule has 5 heteroatoms. The third-order valence-corrected chi connectivity index (χ3v) is 2.29. The van der Waals surface area contributed by atoms with Gasteiger partial charge in [0.05, 0.1) is 12.5 Å². The molecule has 0 radical (unpaired) electrons. The molecule has 0 fully saturated rings. The van der Waals surface area contributed by atoms with Crippen molar-refractivity contribution < 1.29 is 0 Å². The molecule has 0 saturated carbocycles. The van der Waals surface area contributed by atoms with Gasteiger partial charge in [0.2, 0.25) is 0 Å². The van der Waals surface area contributed by atoms with Gasteiger partial charge >= 0.3 is 0 Å². The Labute approximate surface area is 89.5 Å². The third kappa shape index (κ3) is 2.82. The van der Waals surface area contributed by atoms with Crippen LogP contribution in [0.25, 0.3) is 0 Å². The molecule has 0 saturated heterocycles. The topological polar surface area (TPSA) is 78.0 Å². The van der Waals surface area contributed by atoms with Gasteiger partial charge in [0, 0.05) is 13.1 Å². The van der Waals surface area contributed by atoms with E-state index < -0.39 is 0 Å². The third-order valence-electron chi connectivity index (χ3n) is 2.29. The average Bonchev–Trinajstić information content (AvgIpc) is 2.28. The molecule has 3 N–H and O–H groups in total. The Morgan fingerprint density at radius 3 is 3.00 bits per heavy atom. The molecular weight excluding hydrogens is 190 g/mol. The number of nitrogen functional groups attached to an aromatic ring is 1. The van der Waals surface area contributed by atoms with Gasteiger partial charge in [0.1, 0.15) is 11.6 Å². The number of anilines is 2. The summed E-state index contributed by atoms with van der Waals surface area (Å²) in [5.41, 5.74) is 2.49. The highest BCUT2D eigenvalue weighted by atomic mass is 15.3. The number of nitrogens with two attached hydrogens (primary N) is 1. The summed E-state index contributed by atoms with van der Waals surface area (Å²) in [5, 5.41) is 8.60. The normalized spacial score (nSPS) is 11.6. The van der Waals surface area contributed by atoms with E-state index in [0.29, 0.717) is 12.2 Å². The first-order chi connectivity index (χ1) is 7.19. The van der Waals surface area contributed by atoms with Crippen LogP contribution in [-0.4, -0.2) is 18.1 Å². The van der Waals surface area contributed by atoms with E-state index in [4.69, 9.17) is 11.1 Å².